The Hall–Kier alpha value is -4.84. The van der Waals surface area contributed by atoms with Crippen LogP contribution < -0.4 is 0 Å². The van der Waals surface area contributed by atoms with E-state index in [1.54, 1.807) is 0 Å². The fraction of sp³-hybridized carbons (Fsp3) is 0. The Kier molecular flexibility index (Phi) is 4.04. The second kappa shape index (κ2) is 7.35. The first-order valence-electron chi connectivity index (χ1n) is 11.1. The van der Waals surface area contributed by atoms with Crippen LogP contribution in [0, 0.1) is 0 Å². The van der Waals surface area contributed by atoms with Crippen molar-refractivity contribution in [1.29, 1.82) is 0 Å². The first-order valence-corrected chi connectivity index (χ1v) is 11.1. The molecular weight excluding hydrogens is 420 g/mol. The fourth-order valence-corrected chi connectivity index (χ4v) is 4.48. The van der Waals surface area contributed by atoms with Gasteiger partial charge in [-0.15, -0.1) is 0 Å². The molecule has 0 amide bonds. The maximum Gasteiger partial charge on any atom is 0.162 e. The van der Waals surface area contributed by atoms with Gasteiger partial charge in [0.15, 0.2) is 5.65 Å². The van der Waals surface area contributed by atoms with Crippen molar-refractivity contribution in [2.75, 3.05) is 0 Å². The van der Waals surface area contributed by atoms with Gasteiger partial charge in [0.25, 0.3) is 0 Å². The van der Waals surface area contributed by atoms with E-state index in [0.717, 1.165) is 55.0 Å². The standard InChI is InChI=1S/2C14H9N3/c1-2-6-11-10(5-1)14-16-12-7-3-4-8-13(12)17(14)9-15-11;1-2-6-11-10(5-1)9-15-17-13-8-4-3-7-12(13)16-14(11)17/h2*1-9H. The average Bonchev–Trinajstić information content (AvgIpc) is 3.48. The average molecular weight is 438 g/mol. The minimum absolute atomic E-state index is 0.921. The summed E-state index contributed by atoms with van der Waals surface area (Å²) in [6.07, 6.45) is 3.73. The number of nitrogens with zero attached hydrogens (tertiary/aromatic N) is 6. The zero-order chi connectivity index (χ0) is 22.5. The summed E-state index contributed by atoms with van der Waals surface area (Å²) < 4.78 is 3.94. The lowest BCUT2D eigenvalue weighted by atomic mass is 10.2. The van der Waals surface area contributed by atoms with Gasteiger partial charge in [-0.25, -0.2) is 19.5 Å². The number of hydrogen-bond acceptors (Lipinski definition) is 4. The number of hydrogen-bond donors (Lipinski definition) is 0. The lowest BCUT2D eigenvalue weighted by Gasteiger charge is -1.99. The number of aromatic nitrogens is 6. The number of fused-ring (bicyclic) bond motifs is 10. The van der Waals surface area contributed by atoms with Crippen molar-refractivity contribution < 1.29 is 0 Å². The highest BCUT2D eigenvalue weighted by Crippen LogP contribution is 2.23. The zero-order valence-electron chi connectivity index (χ0n) is 18.1. The molecule has 0 fully saturated rings. The van der Waals surface area contributed by atoms with Gasteiger partial charge in [-0.2, -0.15) is 5.10 Å². The number of imidazole rings is 2. The van der Waals surface area contributed by atoms with Crippen molar-refractivity contribution in [3.8, 4) is 0 Å². The summed E-state index contributed by atoms with van der Waals surface area (Å²) >= 11 is 0. The third-order valence-corrected chi connectivity index (χ3v) is 6.10. The molecule has 160 valence electrons. The first-order chi connectivity index (χ1) is 16.9. The predicted molar refractivity (Wildman–Crippen MR) is 136 cm³/mol. The van der Waals surface area contributed by atoms with Crippen molar-refractivity contribution in [3.05, 3.63) is 110 Å². The Morgan fingerprint density at radius 2 is 1.15 bits per heavy atom. The van der Waals surface area contributed by atoms with E-state index in [1.807, 2.05) is 94.2 Å². The molecule has 4 aromatic carbocycles. The Labute approximate surface area is 193 Å². The number of para-hydroxylation sites is 5. The molecule has 0 spiro atoms. The van der Waals surface area contributed by atoms with Crippen LogP contribution in [-0.2, 0) is 0 Å². The largest absolute Gasteiger partial charge is 0.282 e. The Balaban J connectivity index is 0.000000118. The molecule has 0 aliphatic rings. The van der Waals surface area contributed by atoms with Gasteiger partial charge in [0.05, 0.1) is 33.8 Å². The normalized spacial score (nSPS) is 11.5. The van der Waals surface area contributed by atoms with Crippen molar-refractivity contribution in [1.82, 2.24) is 29.0 Å². The van der Waals surface area contributed by atoms with Crippen molar-refractivity contribution >= 4 is 55.0 Å². The van der Waals surface area contributed by atoms with Gasteiger partial charge in [0.2, 0.25) is 0 Å². The van der Waals surface area contributed by atoms with Crippen LogP contribution in [0.1, 0.15) is 0 Å². The molecule has 0 bridgehead atoms. The molecule has 4 aromatic heterocycles. The van der Waals surface area contributed by atoms with Crippen LogP contribution in [0.15, 0.2) is 110 Å². The third kappa shape index (κ3) is 2.82. The Morgan fingerprint density at radius 1 is 0.529 bits per heavy atom. The molecule has 6 heteroatoms. The van der Waals surface area contributed by atoms with Crippen LogP contribution in [-0.4, -0.2) is 29.0 Å². The second-order valence-electron chi connectivity index (χ2n) is 8.12. The maximum atomic E-state index is 4.67. The minimum atomic E-state index is 0.921. The van der Waals surface area contributed by atoms with E-state index < -0.39 is 0 Å². The second-order valence-corrected chi connectivity index (χ2v) is 8.12. The van der Waals surface area contributed by atoms with E-state index in [4.69, 9.17) is 0 Å². The topological polar surface area (TPSA) is 60.4 Å². The highest BCUT2D eigenvalue weighted by atomic mass is 15.2. The van der Waals surface area contributed by atoms with Gasteiger partial charge in [-0.3, -0.25) is 4.40 Å². The summed E-state index contributed by atoms with van der Waals surface area (Å²) in [4.78, 5) is 13.8. The summed E-state index contributed by atoms with van der Waals surface area (Å²) in [5.41, 5.74) is 7.01. The van der Waals surface area contributed by atoms with Gasteiger partial charge >= 0.3 is 0 Å². The van der Waals surface area contributed by atoms with Crippen LogP contribution in [0.25, 0.3) is 55.0 Å². The van der Waals surface area contributed by atoms with E-state index in [-0.39, 0.29) is 0 Å². The lowest BCUT2D eigenvalue weighted by Crippen LogP contribution is -1.91. The van der Waals surface area contributed by atoms with Gasteiger partial charge in [0, 0.05) is 16.2 Å². The molecule has 8 rings (SSSR count). The summed E-state index contributed by atoms with van der Waals surface area (Å²) in [5, 5.41) is 7.80. The summed E-state index contributed by atoms with van der Waals surface area (Å²) in [6.45, 7) is 0. The van der Waals surface area contributed by atoms with Crippen LogP contribution in [0.4, 0.5) is 0 Å². The molecule has 8 aromatic rings. The minimum Gasteiger partial charge on any atom is -0.282 e. The molecule has 0 aliphatic carbocycles. The highest BCUT2D eigenvalue weighted by molar-refractivity contribution is 5.97. The van der Waals surface area contributed by atoms with Crippen LogP contribution in [0.2, 0.25) is 0 Å². The molecule has 0 saturated heterocycles. The van der Waals surface area contributed by atoms with Crippen LogP contribution in [0.3, 0.4) is 0 Å². The summed E-state index contributed by atoms with van der Waals surface area (Å²) in [6, 6.07) is 32.4. The van der Waals surface area contributed by atoms with Gasteiger partial charge in [-0.05, 0) is 36.4 Å². The van der Waals surface area contributed by atoms with Gasteiger partial charge in [-0.1, -0.05) is 60.7 Å². The molecule has 0 radical (unpaired) electrons. The lowest BCUT2D eigenvalue weighted by molar-refractivity contribution is 0.979. The zero-order valence-corrected chi connectivity index (χ0v) is 18.1. The van der Waals surface area contributed by atoms with Crippen molar-refractivity contribution in [2.45, 2.75) is 0 Å². The van der Waals surface area contributed by atoms with Crippen molar-refractivity contribution in [2.24, 2.45) is 0 Å². The molecule has 0 unspecified atom stereocenters. The SMILES string of the molecule is c1ccc2c(c1)cnn1c3ccccc3nc21.c1ccc2c(c1)ncn1c3ccccc3nc21. The predicted octanol–water partition coefficient (Wildman–Crippen LogP) is 6.07. The number of benzene rings is 4. The quantitative estimate of drug-likeness (QED) is 0.288. The van der Waals surface area contributed by atoms with E-state index in [2.05, 4.69) is 44.3 Å². The third-order valence-electron chi connectivity index (χ3n) is 6.10. The monoisotopic (exact) mass is 438 g/mol. The highest BCUT2D eigenvalue weighted by Gasteiger charge is 2.08. The fourth-order valence-electron chi connectivity index (χ4n) is 4.48. The molecule has 4 heterocycles. The molecule has 6 nitrogen and oxygen atoms in total. The van der Waals surface area contributed by atoms with E-state index in [0.29, 0.717) is 0 Å². The number of rotatable bonds is 0. The van der Waals surface area contributed by atoms with E-state index in [1.165, 1.54) is 0 Å². The summed E-state index contributed by atoms with van der Waals surface area (Å²) in [5.74, 6) is 0. The maximum absolute atomic E-state index is 4.67. The Morgan fingerprint density at radius 3 is 2.00 bits per heavy atom. The van der Waals surface area contributed by atoms with Gasteiger partial charge in [0.1, 0.15) is 12.0 Å². The van der Waals surface area contributed by atoms with Crippen LogP contribution >= 0.6 is 0 Å². The first kappa shape index (κ1) is 18.7. The smallest absolute Gasteiger partial charge is 0.162 e. The summed E-state index contributed by atoms with van der Waals surface area (Å²) in [7, 11) is 0. The van der Waals surface area contributed by atoms with Crippen molar-refractivity contribution in [3.63, 3.8) is 0 Å². The molecule has 0 aliphatic heterocycles. The van der Waals surface area contributed by atoms with Gasteiger partial charge < -0.3 is 0 Å². The molecule has 0 N–H and O–H groups in total. The molecule has 0 atom stereocenters. The molecule has 34 heavy (non-hydrogen) atoms. The molecule has 0 saturated carbocycles. The van der Waals surface area contributed by atoms with Crippen LogP contribution in [0.5, 0.6) is 0 Å². The molecular formula is C28H18N6. The van der Waals surface area contributed by atoms with E-state index in [9.17, 15) is 0 Å². The van der Waals surface area contributed by atoms with E-state index >= 15 is 0 Å². The Bertz CT molecular complexity index is 1840.